The third-order valence-corrected chi connectivity index (χ3v) is 9.63. The van der Waals surface area contributed by atoms with Gasteiger partial charge in [-0.05, 0) is 57.6 Å². The van der Waals surface area contributed by atoms with Crippen molar-refractivity contribution in [1.29, 1.82) is 0 Å². The Morgan fingerprint density at radius 1 is 0.650 bits per heavy atom. The molecule has 0 bridgehead atoms. The second-order valence-electron chi connectivity index (χ2n) is 15.5. The number of terminal acetylenes is 1. The Morgan fingerprint density at radius 2 is 1.05 bits per heavy atom. The lowest BCUT2D eigenvalue weighted by atomic mass is 10.0. The van der Waals surface area contributed by atoms with Gasteiger partial charge in [0, 0.05) is 39.2 Å². The smallest absolute Gasteiger partial charge is 0.342 e. The number of aromatic hydroxyl groups is 2. The molecule has 0 aliphatic rings. The van der Waals surface area contributed by atoms with Crippen LogP contribution in [0.5, 0.6) is 11.5 Å². The number of ether oxygens (including phenoxy) is 3. The van der Waals surface area contributed by atoms with E-state index in [0.29, 0.717) is 18.4 Å². The number of phenolic OH excluding ortho intramolecular Hbond substituents is 2. The first-order valence-corrected chi connectivity index (χ1v) is 22.4. The molecule has 12 nitrogen and oxygen atoms in total. The van der Waals surface area contributed by atoms with Gasteiger partial charge >= 0.3 is 17.9 Å². The average Bonchev–Trinajstić information content (AvgIpc) is 3.17. The van der Waals surface area contributed by atoms with Crippen LogP contribution in [0, 0.1) is 19.3 Å². The molecule has 0 radical (unpaired) electrons. The molecular formula is C48H82O12. The van der Waals surface area contributed by atoms with Gasteiger partial charge in [0.1, 0.15) is 30.3 Å². The highest BCUT2D eigenvalue weighted by molar-refractivity contribution is 5.94. The Labute approximate surface area is 362 Å². The number of carbonyl (C=O) groups is 3. The Bertz CT molecular complexity index is 1250. The van der Waals surface area contributed by atoms with Gasteiger partial charge in [-0.2, -0.15) is 0 Å². The Kier molecular flexibility index (Phi) is 39.7. The van der Waals surface area contributed by atoms with Gasteiger partial charge in [0.25, 0.3) is 0 Å². The van der Waals surface area contributed by atoms with Crippen molar-refractivity contribution in [3.05, 3.63) is 35.9 Å². The molecule has 6 N–H and O–H groups in total. The summed E-state index contributed by atoms with van der Waals surface area (Å²) in [7, 11) is 0. The fourth-order valence-electron chi connectivity index (χ4n) is 6.40. The molecule has 0 aliphatic heterocycles. The van der Waals surface area contributed by atoms with Crippen LogP contribution < -0.4 is 0 Å². The number of rotatable bonds is 33. The van der Waals surface area contributed by atoms with Crippen LogP contribution in [0.4, 0.5) is 0 Å². The van der Waals surface area contributed by atoms with Crippen LogP contribution in [0.2, 0.25) is 0 Å². The average molecular weight is 851 g/mol. The highest BCUT2D eigenvalue weighted by atomic mass is 16.5. The van der Waals surface area contributed by atoms with Gasteiger partial charge in [0.15, 0.2) is 0 Å². The number of aliphatic hydroxyl groups excluding tert-OH is 4. The van der Waals surface area contributed by atoms with Gasteiger partial charge in [0.05, 0.1) is 31.0 Å². The predicted octanol–water partition coefficient (Wildman–Crippen LogP) is 9.31. The summed E-state index contributed by atoms with van der Waals surface area (Å²) in [5.41, 5.74) is 0.589. The zero-order chi connectivity index (χ0) is 45.4. The summed E-state index contributed by atoms with van der Waals surface area (Å²) in [4.78, 5) is 32.6. The van der Waals surface area contributed by atoms with Crippen molar-refractivity contribution in [3.8, 4) is 23.8 Å². The summed E-state index contributed by atoms with van der Waals surface area (Å²) in [6.45, 7) is 9.83. The molecule has 0 spiro atoms. The molecule has 1 rings (SSSR count). The SMILES string of the molecule is C#CCCCCCCCCCCCC(O)CC(O)COC(C)=O.C=CCCCCCCCCCCCC(O)CC(O)COC(C)=O.CCOC(=O)c1c(C)cc(O)cc1O. The van der Waals surface area contributed by atoms with Crippen molar-refractivity contribution in [1.82, 2.24) is 0 Å². The van der Waals surface area contributed by atoms with Crippen LogP contribution >= 0.6 is 0 Å². The summed E-state index contributed by atoms with van der Waals surface area (Å²) in [5, 5.41) is 57.4. The Balaban J connectivity index is 0. The van der Waals surface area contributed by atoms with E-state index < -0.39 is 42.3 Å². The lowest BCUT2D eigenvalue weighted by molar-refractivity contribution is -0.145. The van der Waals surface area contributed by atoms with Gasteiger partial charge in [-0.15, -0.1) is 18.9 Å². The molecule has 346 valence electrons. The number of hydrogen-bond donors (Lipinski definition) is 6. The molecule has 0 heterocycles. The first-order valence-electron chi connectivity index (χ1n) is 22.4. The fraction of sp³-hybridized carbons (Fsp3) is 0.729. The first kappa shape index (κ1) is 58.5. The highest BCUT2D eigenvalue weighted by Gasteiger charge is 2.17. The van der Waals surface area contributed by atoms with Gasteiger partial charge in [-0.1, -0.05) is 109 Å². The van der Waals surface area contributed by atoms with E-state index in [4.69, 9.17) is 25.7 Å². The predicted molar refractivity (Wildman–Crippen MR) is 238 cm³/mol. The van der Waals surface area contributed by atoms with E-state index in [2.05, 4.69) is 12.5 Å². The maximum atomic E-state index is 11.3. The van der Waals surface area contributed by atoms with E-state index in [9.17, 15) is 39.9 Å². The molecule has 0 saturated heterocycles. The number of esters is 3. The third kappa shape index (κ3) is 38.6. The van der Waals surface area contributed by atoms with Crippen molar-refractivity contribution in [2.75, 3.05) is 19.8 Å². The molecule has 1 aromatic rings. The summed E-state index contributed by atoms with van der Waals surface area (Å²) in [5.74, 6) is 0.936. The van der Waals surface area contributed by atoms with Gasteiger partial charge in [-0.3, -0.25) is 9.59 Å². The van der Waals surface area contributed by atoms with Crippen LogP contribution in [-0.2, 0) is 23.8 Å². The lowest BCUT2D eigenvalue weighted by Gasteiger charge is -2.15. The molecule has 0 aliphatic carbocycles. The topological polar surface area (TPSA) is 200 Å². The third-order valence-electron chi connectivity index (χ3n) is 9.63. The number of phenols is 2. The zero-order valence-electron chi connectivity index (χ0n) is 37.6. The maximum Gasteiger partial charge on any atom is 0.342 e. The first-order chi connectivity index (χ1) is 28.7. The van der Waals surface area contributed by atoms with Gasteiger partial charge < -0.3 is 44.8 Å². The van der Waals surface area contributed by atoms with Crippen LogP contribution in [0.3, 0.4) is 0 Å². The van der Waals surface area contributed by atoms with Crippen molar-refractivity contribution >= 4 is 17.9 Å². The number of aryl methyl sites for hydroxylation is 1. The number of unbranched alkanes of at least 4 members (excludes halogenated alkanes) is 18. The number of hydrogen-bond acceptors (Lipinski definition) is 12. The van der Waals surface area contributed by atoms with Gasteiger partial charge in [0.2, 0.25) is 0 Å². The molecule has 0 saturated carbocycles. The molecule has 0 fully saturated rings. The Hall–Kier alpha value is -3.63. The molecule has 0 amide bonds. The summed E-state index contributed by atoms with van der Waals surface area (Å²) < 4.78 is 14.2. The van der Waals surface area contributed by atoms with Crippen molar-refractivity contribution in [2.24, 2.45) is 0 Å². The van der Waals surface area contributed by atoms with Crippen LogP contribution in [0.25, 0.3) is 0 Å². The molecule has 60 heavy (non-hydrogen) atoms. The minimum Gasteiger partial charge on any atom is -0.508 e. The van der Waals surface area contributed by atoms with E-state index in [1.807, 2.05) is 6.08 Å². The minimum absolute atomic E-state index is 0.0286. The molecule has 1 aromatic carbocycles. The van der Waals surface area contributed by atoms with E-state index >= 15 is 0 Å². The number of aliphatic hydroxyl groups is 4. The standard InChI is InChI=1S/C19H36O4.C19H34O4.C10H12O4/c2*1-3-4-5-6-7-8-9-10-11-12-13-14-18(21)15-19(22)16-23-17(2)20;1-3-14-10(13)9-6(2)4-7(11)5-8(9)12/h3,18-19,21-22H,1,4-16H2,2H3;1,18-19,21-22H,4-16H2,2H3;4-5,11-12H,3H2,1-2H3. The van der Waals surface area contributed by atoms with E-state index in [-0.39, 0.29) is 49.7 Å². The maximum absolute atomic E-state index is 11.3. The van der Waals surface area contributed by atoms with Gasteiger partial charge in [-0.25, -0.2) is 4.79 Å². The normalized spacial score (nSPS) is 12.6. The molecule has 4 atom stereocenters. The summed E-state index contributed by atoms with van der Waals surface area (Å²) in [6, 6.07) is 2.51. The largest absolute Gasteiger partial charge is 0.508 e. The monoisotopic (exact) mass is 851 g/mol. The number of benzene rings is 1. The molecule has 12 heteroatoms. The second-order valence-corrected chi connectivity index (χ2v) is 15.5. The molecular weight excluding hydrogens is 769 g/mol. The Morgan fingerprint density at radius 3 is 1.42 bits per heavy atom. The van der Waals surface area contributed by atoms with E-state index in [1.54, 1.807) is 13.8 Å². The molecule has 0 aromatic heterocycles. The number of allylic oxidation sites excluding steroid dienone is 1. The summed E-state index contributed by atoms with van der Waals surface area (Å²) >= 11 is 0. The van der Waals surface area contributed by atoms with E-state index in [1.165, 1.54) is 103 Å². The quantitative estimate of drug-likeness (QED) is 0.0129. The van der Waals surface area contributed by atoms with E-state index in [0.717, 1.165) is 51.0 Å². The fourth-order valence-corrected chi connectivity index (χ4v) is 6.40. The molecule has 4 unspecified atom stereocenters. The van der Waals surface area contributed by atoms with Crippen molar-refractivity contribution < 1.29 is 59.2 Å². The number of carbonyl (C=O) groups excluding carboxylic acids is 3. The second kappa shape index (κ2) is 40.8. The highest BCUT2D eigenvalue weighted by Crippen LogP contribution is 2.27. The van der Waals surface area contributed by atoms with Crippen molar-refractivity contribution in [3.63, 3.8) is 0 Å². The van der Waals surface area contributed by atoms with Crippen molar-refractivity contribution in [2.45, 2.75) is 206 Å². The zero-order valence-corrected chi connectivity index (χ0v) is 37.6. The van der Waals surface area contributed by atoms with Crippen LogP contribution in [0.1, 0.15) is 191 Å². The summed E-state index contributed by atoms with van der Waals surface area (Å²) in [6.07, 6.45) is 30.5. The van der Waals surface area contributed by atoms with Crippen LogP contribution in [0.15, 0.2) is 24.8 Å². The minimum atomic E-state index is -0.775. The van der Waals surface area contributed by atoms with Crippen LogP contribution in [-0.4, -0.2) is 92.8 Å². The lowest BCUT2D eigenvalue weighted by Crippen LogP contribution is -2.23.